The van der Waals surface area contributed by atoms with Crippen LogP contribution in [0.3, 0.4) is 0 Å². The molecule has 5 heteroatoms. The zero-order valence-corrected chi connectivity index (χ0v) is 10.2. The van der Waals surface area contributed by atoms with Gasteiger partial charge in [-0.25, -0.2) is 0 Å². The molecule has 1 aliphatic rings. The highest BCUT2D eigenvalue weighted by atomic mass is 16.6. The van der Waals surface area contributed by atoms with Crippen LogP contribution < -0.4 is 11.1 Å². The minimum absolute atomic E-state index is 0.127. The molecule has 1 unspecified atom stereocenters. The van der Waals surface area contributed by atoms with Gasteiger partial charge in [0, 0.05) is 13.1 Å². The van der Waals surface area contributed by atoms with Crippen LogP contribution in [0.5, 0.6) is 0 Å². The normalized spacial score (nSPS) is 19.5. The molecule has 18 heavy (non-hydrogen) atoms. The Morgan fingerprint density at radius 2 is 2.00 bits per heavy atom. The van der Waals surface area contributed by atoms with Crippen molar-refractivity contribution in [2.45, 2.75) is 19.2 Å². The van der Waals surface area contributed by atoms with Crippen molar-refractivity contribution in [3.63, 3.8) is 0 Å². The number of benzene rings is 1. The fraction of sp³-hybridized carbons (Fsp3) is 0.462. The number of carbonyl (C=O) groups excluding carboxylic acids is 1. The zero-order chi connectivity index (χ0) is 12.8. The molecule has 98 valence electrons. The number of carbonyl (C=O) groups is 1. The fourth-order valence-electron chi connectivity index (χ4n) is 1.74. The number of hydrogen-bond donors (Lipinski definition) is 2. The molecule has 2 rings (SSSR count). The summed E-state index contributed by atoms with van der Waals surface area (Å²) in [6, 6.07) is 7.84. The molecule has 1 saturated heterocycles. The van der Waals surface area contributed by atoms with Crippen LogP contribution >= 0.6 is 0 Å². The summed E-state index contributed by atoms with van der Waals surface area (Å²) in [6.07, 6.45) is -0.484. The summed E-state index contributed by atoms with van der Waals surface area (Å²) >= 11 is 0. The third kappa shape index (κ3) is 3.53. The first kappa shape index (κ1) is 13.0. The summed E-state index contributed by atoms with van der Waals surface area (Å²) in [7, 11) is 0. The quantitative estimate of drug-likeness (QED) is 0.799. The Hall–Kier alpha value is -1.43. The molecule has 1 fully saturated rings. The van der Waals surface area contributed by atoms with Crippen molar-refractivity contribution >= 4 is 5.91 Å². The number of ether oxygens (including phenoxy) is 2. The molecule has 3 N–H and O–H groups in total. The second-order valence-corrected chi connectivity index (χ2v) is 4.17. The molecule has 1 atom stereocenters. The smallest absolute Gasteiger partial charge is 0.251 e. The van der Waals surface area contributed by atoms with E-state index in [1.165, 1.54) is 0 Å². The summed E-state index contributed by atoms with van der Waals surface area (Å²) in [5, 5.41) is 2.83. The Morgan fingerprint density at radius 1 is 1.28 bits per heavy atom. The second-order valence-electron chi connectivity index (χ2n) is 4.17. The second kappa shape index (κ2) is 6.49. The first-order valence-corrected chi connectivity index (χ1v) is 6.04. The van der Waals surface area contributed by atoms with Crippen molar-refractivity contribution < 1.29 is 14.3 Å². The lowest BCUT2D eigenvalue weighted by atomic mass is 10.1. The van der Waals surface area contributed by atoms with E-state index >= 15 is 0 Å². The van der Waals surface area contributed by atoms with Crippen LogP contribution in [-0.4, -0.2) is 31.8 Å². The van der Waals surface area contributed by atoms with Crippen molar-refractivity contribution in [3.05, 3.63) is 35.4 Å². The van der Waals surface area contributed by atoms with Gasteiger partial charge in [0.1, 0.15) is 0 Å². The number of nitrogens with two attached hydrogens (primary N) is 1. The van der Waals surface area contributed by atoms with Gasteiger partial charge in [0.25, 0.3) is 5.91 Å². The first-order chi connectivity index (χ1) is 8.79. The summed E-state index contributed by atoms with van der Waals surface area (Å²) in [4.78, 5) is 11.8. The van der Waals surface area contributed by atoms with E-state index in [2.05, 4.69) is 5.32 Å². The topological polar surface area (TPSA) is 73.6 Å². The molecule has 5 nitrogen and oxygen atoms in total. The molecular weight excluding hydrogens is 232 g/mol. The molecule has 0 aromatic heterocycles. The third-order valence-electron chi connectivity index (χ3n) is 2.83. The Balaban J connectivity index is 1.80. The highest BCUT2D eigenvalue weighted by Crippen LogP contribution is 2.05. The van der Waals surface area contributed by atoms with Gasteiger partial charge in [-0.3, -0.25) is 4.79 Å². The van der Waals surface area contributed by atoms with Crippen molar-refractivity contribution in [2.24, 2.45) is 5.73 Å². The number of amides is 1. The number of hydrogen-bond acceptors (Lipinski definition) is 4. The van der Waals surface area contributed by atoms with E-state index in [4.69, 9.17) is 15.2 Å². The lowest BCUT2D eigenvalue weighted by Gasteiger charge is -2.22. The van der Waals surface area contributed by atoms with Crippen LogP contribution in [-0.2, 0) is 27.4 Å². The molecular formula is C13H18N2O3. The molecule has 0 aliphatic carbocycles. The number of rotatable bonds is 4. The zero-order valence-electron chi connectivity index (χ0n) is 10.2. The molecule has 0 saturated carbocycles. The Bertz CT molecular complexity index is 386. The monoisotopic (exact) mass is 250 g/mol. The predicted octanol–water partition coefficient (Wildman–Crippen LogP) is 0.177. The minimum Gasteiger partial charge on any atom is -0.376 e. The van der Waals surface area contributed by atoms with E-state index in [1.54, 1.807) is 0 Å². The standard InChI is InChI=1S/C13H18N2O3/c14-7-10-1-3-11(4-2-10)8-15-13(16)12-9-17-5-6-18-12/h1-4,12H,5-9,14H2,(H,15,16). The van der Waals surface area contributed by atoms with Gasteiger partial charge < -0.3 is 20.5 Å². The summed E-state index contributed by atoms with van der Waals surface area (Å²) in [6.45, 7) is 2.38. The lowest BCUT2D eigenvalue weighted by Crippen LogP contribution is -2.42. The minimum atomic E-state index is -0.484. The average Bonchev–Trinajstić information content (AvgIpc) is 2.46. The van der Waals surface area contributed by atoms with Crippen molar-refractivity contribution in [1.29, 1.82) is 0 Å². The van der Waals surface area contributed by atoms with Gasteiger partial charge in [-0.15, -0.1) is 0 Å². The van der Waals surface area contributed by atoms with Crippen LogP contribution in [0.25, 0.3) is 0 Å². The molecule has 0 bridgehead atoms. The van der Waals surface area contributed by atoms with Gasteiger partial charge in [0.05, 0.1) is 19.8 Å². The Labute approximate surface area is 106 Å². The van der Waals surface area contributed by atoms with Crippen LogP contribution in [0.15, 0.2) is 24.3 Å². The molecule has 1 aromatic carbocycles. The van der Waals surface area contributed by atoms with Gasteiger partial charge in [-0.2, -0.15) is 0 Å². The summed E-state index contributed by atoms with van der Waals surface area (Å²) < 4.78 is 10.5. The van der Waals surface area contributed by atoms with Crippen molar-refractivity contribution in [2.75, 3.05) is 19.8 Å². The summed E-state index contributed by atoms with van der Waals surface area (Å²) in [5.74, 6) is -0.127. The van der Waals surface area contributed by atoms with Crippen LogP contribution in [0.2, 0.25) is 0 Å². The van der Waals surface area contributed by atoms with Crippen LogP contribution in [0.4, 0.5) is 0 Å². The van der Waals surface area contributed by atoms with Gasteiger partial charge >= 0.3 is 0 Å². The average molecular weight is 250 g/mol. The predicted molar refractivity (Wildman–Crippen MR) is 66.7 cm³/mol. The van der Waals surface area contributed by atoms with Crippen LogP contribution in [0, 0.1) is 0 Å². The maximum atomic E-state index is 11.8. The van der Waals surface area contributed by atoms with Gasteiger partial charge in [-0.05, 0) is 11.1 Å². The Kier molecular flexibility index (Phi) is 4.69. The largest absolute Gasteiger partial charge is 0.376 e. The van der Waals surface area contributed by atoms with E-state index in [9.17, 15) is 4.79 Å². The van der Waals surface area contributed by atoms with E-state index in [0.29, 0.717) is 32.9 Å². The van der Waals surface area contributed by atoms with Crippen LogP contribution in [0.1, 0.15) is 11.1 Å². The fourth-order valence-corrected chi connectivity index (χ4v) is 1.74. The van der Waals surface area contributed by atoms with Gasteiger partial charge in [0.15, 0.2) is 6.10 Å². The SMILES string of the molecule is NCc1ccc(CNC(=O)C2COCCO2)cc1. The molecule has 1 aromatic rings. The van der Waals surface area contributed by atoms with Gasteiger partial charge in [0.2, 0.25) is 0 Å². The molecule has 1 heterocycles. The number of nitrogens with one attached hydrogen (secondary N) is 1. The summed E-state index contributed by atoms with van der Waals surface area (Å²) in [5.41, 5.74) is 7.64. The van der Waals surface area contributed by atoms with Crippen molar-refractivity contribution in [1.82, 2.24) is 5.32 Å². The van der Waals surface area contributed by atoms with E-state index < -0.39 is 6.10 Å². The van der Waals surface area contributed by atoms with E-state index in [0.717, 1.165) is 11.1 Å². The third-order valence-corrected chi connectivity index (χ3v) is 2.83. The highest BCUT2D eigenvalue weighted by molar-refractivity contribution is 5.80. The van der Waals surface area contributed by atoms with E-state index in [-0.39, 0.29) is 5.91 Å². The maximum absolute atomic E-state index is 11.8. The highest BCUT2D eigenvalue weighted by Gasteiger charge is 2.21. The lowest BCUT2D eigenvalue weighted by molar-refractivity contribution is -0.147. The maximum Gasteiger partial charge on any atom is 0.251 e. The van der Waals surface area contributed by atoms with Gasteiger partial charge in [-0.1, -0.05) is 24.3 Å². The van der Waals surface area contributed by atoms with E-state index in [1.807, 2.05) is 24.3 Å². The first-order valence-electron chi connectivity index (χ1n) is 6.04. The Morgan fingerprint density at radius 3 is 2.61 bits per heavy atom. The molecule has 1 amide bonds. The van der Waals surface area contributed by atoms with Crippen molar-refractivity contribution in [3.8, 4) is 0 Å². The molecule has 0 spiro atoms. The molecule has 1 aliphatic heterocycles. The molecule has 0 radical (unpaired) electrons.